The Hall–Kier alpha value is -1.75. The van der Waals surface area contributed by atoms with Crippen LogP contribution in [0.1, 0.15) is 47.1 Å². The summed E-state index contributed by atoms with van der Waals surface area (Å²) in [7, 11) is 0. The molecule has 0 fully saturated rings. The average molecular weight is 289 g/mol. The van der Waals surface area contributed by atoms with Crippen LogP contribution in [-0.2, 0) is 6.42 Å². The number of carbonyl (C=O) groups excluding carboxylic acids is 1. The topological polar surface area (TPSA) is 54.9 Å². The maximum atomic E-state index is 12.0. The van der Waals surface area contributed by atoms with Crippen LogP contribution in [0, 0.1) is 6.92 Å². The highest BCUT2D eigenvalue weighted by Crippen LogP contribution is 2.18. The van der Waals surface area contributed by atoms with E-state index in [1.54, 1.807) is 0 Å². The summed E-state index contributed by atoms with van der Waals surface area (Å²) in [5.74, 6) is -0.138. The summed E-state index contributed by atoms with van der Waals surface area (Å²) in [4.78, 5) is 12.0. The van der Waals surface area contributed by atoms with Gasteiger partial charge in [-0.3, -0.25) is 10.1 Å². The summed E-state index contributed by atoms with van der Waals surface area (Å²) in [6, 6.07) is 7.47. The molecule has 5 heteroatoms. The lowest BCUT2D eigenvalue weighted by Gasteiger charge is -2.01. The second-order valence-electron chi connectivity index (χ2n) is 4.78. The Morgan fingerprint density at radius 3 is 2.65 bits per heavy atom. The third-order valence-electron chi connectivity index (χ3n) is 3.00. The van der Waals surface area contributed by atoms with Crippen molar-refractivity contribution in [2.45, 2.75) is 39.5 Å². The Kier molecular flexibility index (Phi) is 5.24. The van der Waals surface area contributed by atoms with E-state index in [0.29, 0.717) is 10.7 Å². The van der Waals surface area contributed by atoms with Crippen molar-refractivity contribution in [3.05, 3.63) is 40.4 Å². The standard InChI is InChI=1S/C15H19N3OS/c1-3-4-5-6-13-17-18-15(20-13)16-14(19)12-9-7-11(2)8-10-12/h7-10H,3-6H2,1-2H3,(H,16,18,19). The molecule has 1 amide bonds. The molecule has 4 nitrogen and oxygen atoms in total. The number of hydrogen-bond acceptors (Lipinski definition) is 4. The van der Waals surface area contributed by atoms with E-state index in [9.17, 15) is 4.79 Å². The molecule has 1 aromatic carbocycles. The van der Waals surface area contributed by atoms with Crippen LogP contribution in [-0.4, -0.2) is 16.1 Å². The molecule has 0 spiro atoms. The summed E-state index contributed by atoms with van der Waals surface area (Å²) in [6.07, 6.45) is 4.45. The first-order chi connectivity index (χ1) is 9.69. The van der Waals surface area contributed by atoms with Gasteiger partial charge in [0.15, 0.2) is 0 Å². The summed E-state index contributed by atoms with van der Waals surface area (Å²) in [5, 5.41) is 12.5. The fraction of sp³-hybridized carbons (Fsp3) is 0.400. The fourth-order valence-corrected chi connectivity index (χ4v) is 2.58. The first-order valence-electron chi connectivity index (χ1n) is 6.89. The molecule has 2 rings (SSSR count). The molecule has 0 atom stereocenters. The molecule has 0 unspecified atom stereocenters. The molecule has 0 aliphatic rings. The lowest BCUT2D eigenvalue weighted by Crippen LogP contribution is -2.11. The van der Waals surface area contributed by atoms with E-state index in [0.717, 1.165) is 23.4 Å². The largest absolute Gasteiger partial charge is 0.296 e. The number of nitrogens with zero attached hydrogens (tertiary/aromatic N) is 2. The maximum absolute atomic E-state index is 12.0. The molecule has 1 N–H and O–H groups in total. The Morgan fingerprint density at radius 1 is 1.20 bits per heavy atom. The van der Waals surface area contributed by atoms with Crippen LogP contribution in [0.25, 0.3) is 0 Å². The van der Waals surface area contributed by atoms with Gasteiger partial charge in [0.1, 0.15) is 5.01 Å². The van der Waals surface area contributed by atoms with Crippen molar-refractivity contribution >= 4 is 22.4 Å². The smallest absolute Gasteiger partial charge is 0.257 e. The predicted molar refractivity (Wildman–Crippen MR) is 82.3 cm³/mol. The Labute approximate surface area is 123 Å². The van der Waals surface area contributed by atoms with Gasteiger partial charge in [-0.15, -0.1) is 10.2 Å². The van der Waals surface area contributed by atoms with Crippen LogP contribution in [0.4, 0.5) is 5.13 Å². The van der Waals surface area contributed by atoms with Crippen molar-refractivity contribution in [2.75, 3.05) is 5.32 Å². The van der Waals surface area contributed by atoms with Gasteiger partial charge >= 0.3 is 0 Å². The number of nitrogens with one attached hydrogen (secondary N) is 1. The Balaban J connectivity index is 1.92. The quantitative estimate of drug-likeness (QED) is 0.822. The van der Waals surface area contributed by atoms with Gasteiger partial charge in [-0.05, 0) is 25.5 Å². The van der Waals surface area contributed by atoms with E-state index in [2.05, 4.69) is 22.4 Å². The highest BCUT2D eigenvalue weighted by molar-refractivity contribution is 7.15. The van der Waals surface area contributed by atoms with E-state index in [4.69, 9.17) is 0 Å². The fourth-order valence-electron chi connectivity index (χ4n) is 1.81. The van der Waals surface area contributed by atoms with Gasteiger partial charge in [0, 0.05) is 12.0 Å². The van der Waals surface area contributed by atoms with Crippen LogP contribution in [0.5, 0.6) is 0 Å². The minimum Gasteiger partial charge on any atom is -0.296 e. The second-order valence-corrected chi connectivity index (χ2v) is 5.84. The number of amides is 1. The molecule has 0 radical (unpaired) electrons. The van der Waals surface area contributed by atoms with Crippen LogP contribution in [0.3, 0.4) is 0 Å². The minimum absolute atomic E-state index is 0.138. The van der Waals surface area contributed by atoms with Crippen molar-refractivity contribution in [2.24, 2.45) is 0 Å². The average Bonchev–Trinajstić information content (AvgIpc) is 2.87. The van der Waals surface area contributed by atoms with Gasteiger partial charge in [-0.2, -0.15) is 0 Å². The van der Waals surface area contributed by atoms with Crippen LogP contribution < -0.4 is 5.32 Å². The van der Waals surface area contributed by atoms with Gasteiger partial charge in [0.05, 0.1) is 0 Å². The Morgan fingerprint density at radius 2 is 1.95 bits per heavy atom. The van der Waals surface area contributed by atoms with Crippen LogP contribution >= 0.6 is 11.3 Å². The zero-order chi connectivity index (χ0) is 14.4. The number of aryl methyl sites for hydroxylation is 2. The monoisotopic (exact) mass is 289 g/mol. The van der Waals surface area contributed by atoms with Crippen molar-refractivity contribution in [1.82, 2.24) is 10.2 Å². The van der Waals surface area contributed by atoms with Crippen LogP contribution in [0.15, 0.2) is 24.3 Å². The van der Waals surface area contributed by atoms with Gasteiger partial charge in [-0.25, -0.2) is 0 Å². The first-order valence-corrected chi connectivity index (χ1v) is 7.71. The molecule has 1 heterocycles. The molecular weight excluding hydrogens is 270 g/mol. The van der Waals surface area contributed by atoms with Crippen molar-refractivity contribution in [3.8, 4) is 0 Å². The van der Waals surface area contributed by atoms with Crippen molar-refractivity contribution in [1.29, 1.82) is 0 Å². The number of hydrogen-bond donors (Lipinski definition) is 1. The molecule has 20 heavy (non-hydrogen) atoms. The number of carbonyl (C=O) groups is 1. The first kappa shape index (κ1) is 14.7. The van der Waals surface area contributed by atoms with Gasteiger partial charge < -0.3 is 0 Å². The lowest BCUT2D eigenvalue weighted by molar-refractivity contribution is 0.102. The molecule has 0 aliphatic heterocycles. The number of unbranched alkanes of at least 4 members (excludes halogenated alkanes) is 2. The minimum atomic E-state index is -0.138. The molecule has 2 aromatic rings. The molecule has 0 bridgehead atoms. The van der Waals surface area contributed by atoms with E-state index in [-0.39, 0.29) is 5.91 Å². The highest BCUT2D eigenvalue weighted by Gasteiger charge is 2.09. The predicted octanol–water partition coefficient (Wildman–Crippen LogP) is 3.83. The third kappa shape index (κ3) is 4.13. The maximum Gasteiger partial charge on any atom is 0.257 e. The van der Waals surface area contributed by atoms with Gasteiger partial charge in [0.25, 0.3) is 5.91 Å². The number of rotatable bonds is 6. The lowest BCUT2D eigenvalue weighted by atomic mass is 10.1. The van der Waals surface area contributed by atoms with Crippen molar-refractivity contribution < 1.29 is 4.79 Å². The number of anilines is 1. The molecular formula is C15H19N3OS. The van der Waals surface area contributed by atoms with Crippen molar-refractivity contribution in [3.63, 3.8) is 0 Å². The zero-order valence-corrected chi connectivity index (χ0v) is 12.7. The van der Waals surface area contributed by atoms with Gasteiger partial charge in [0.2, 0.25) is 5.13 Å². The number of benzene rings is 1. The normalized spacial score (nSPS) is 10.5. The van der Waals surface area contributed by atoms with E-state index in [1.807, 2.05) is 31.2 Å². The van der Waals surface area contributed by atoms with Gasteiger partial charge in [-0.1, -0.05) is 48.8 Å². The molecule has 106 valence electrons. The van der Waals surface area contributed by atoms with Crippen LogP contribution in [0.2, 0.25) is 0 Å². The van der Waals surface area contributed by atoms with E-state index >= 15 is 0 Å². The van der Waals surface area contributed by atoms with E-state index in [1.165, 1.54) is 24.2 Å². The third-order valence-corrected chi connectivity index (χ3v) is 3.89. The summed E-state index contributed by atoms with van der Waals surface area (Å²) < 4.78 is 0. The summed E-state index contributed by atoms with van der Waals surface area (Å²) in [6.45, 7) is 4.17. The molecule has 1 aromatic heterocycles. The SMILES string of the molecule is CCCCCc1nnc(NC(=O)c2ccc(C)cc2)s1. The second kappa shape index (κ2) is 7.14. The van der Waals surface area contributed by atoms with E-state index < -0.39 is 0 Å². The molecule has 0 saturated carbocycles. The Bertz CT molecular complexity index is 563. The molecule has 0 aliphatic carbocycles. The summed E-state index contributed by atoms with van der Waals surface area (Å²) in [5.41, 5.74) is 1.77. The molecule has 0 saturated heterocycles. The number of aromatic nitrogens is 2. The zero-order valence-electron chi connectivity index (χ0n) is 11.8. The highest BCUT2D eigenvalue weighted by atomic mass is 32.1. The summed E-state index contributed by atoms with van der Waals surface area (Å²) >= 11 is 1.46.